The van der Waals surface area contributed by atoms with Gasteiger partial charge < -0.3 is 10.1 Å². The van der Waals surface area contributed by atoms with E-state index in [4.69, 9.17) is 4.74 Å². The number of amides is 1. The third kappa shape index (κ3) is 5.11. The number of hydrogen-bond donors (Lipinski definition) is 1. The number of carbonyl (C=O) groups excluding carboxylic acids is 1. The Morgan fingerprint density at radius 2 is 1.77 bits per heavy atom. The van der Waals surface area contributed by atoms with Crippen LogP contribution in [0.2, 0.25) is 0 Å². The number of rotatable bonds is 8. The molecule has 1 amide bonds. The molecule has 0 aliphatic heterocycles. The Morgan fingerprint density at radius 1 is 0.967 bits per heavy atom. The Bertz CT molecular complexity index is 1100. The average Bonchev–Trinajstić information content (AvgIpc) is 3.43. The van der Waals surface area contributed by atoms with Crippen molar-refractivity contribution in [3.8, 4) is 27.6 Å². The van der Waals surface area contributed by atoms with Crippen molar-refractivity contribution in [2.45, 2.75) is 19.8 Å². The van der Waals surface area contributed by atoms with E-state index in [1.54, 1.807) is 11.3 Å². The molecule has 152 valence electrons. The van der Waals surface area contributed by atoms with Crippen LogP contribution in [0.25, 0.3) is 21.8 Å². The maximum atomic E-state index is 12.4. The third-order valence-electron chi connectivity index (χ3n) is 4.29. The number of hydrogen-bond acceptors (Lipinski definition) is 6. The first-order valence-corrected chi connectivity index (χ1v) is 11.5. The minimum Gasteiger partial charge on any atom is -0.494 e. The number of nitrogens with zero attached hydrogens (tertiary/aromatic N) is 2. The minimum absolute atomic E-state index is 0.121. The van der Waals surface area contributed by atoms with E-state index < -0.39 is 0 Å². The zero-order valence-corrected chi connectivity index (χ0v) is 18.1. The van der Waals surface area contributed by atoms with Crippen LogP contribution in [-0.4, -0.2) is 22.5 Å². The normalized spacial score (nSPS) is 10.7. The molecule has 5 nitrogen and oxygen atoms in total. The van der Waals surface area contributed by atoms with Crippen molar-refractivity contribution in [3.63, 3.8) is 0 Å². The highest BCUT2D eigenvalue weighted by atomic mass is 32.1. The summed E-state index contributed by atoms with van der Waals surface area (Å²) in [4.78, 5) is 21.5. The Labute approximate surface area is 183 Å². The van der Waals surface area contributed by atoms with E-state index in [0.717, 1.165) is 39.7 Å². The van der Waals surface area contributed by atoms with Crippen molar-refractivity contribution in [2.75, 3.05) is 11.9 Å². The number of aromatic nitrogens is 2. The second kappa shape index (κ2) is 9.65. The smallest absolute Gasteiger partial charge is 0.232 e. The topological polar surface area (TPSA) is 64.1 Å². The average molecular weight is 436 g/mol. The van der Waals surface area contributed by atoms with Crippen molar-refractivity contribution in [1.82, 2.24) is 9.97 Å². The van der Waals surface area contributed by atoms with Gasteiger partial charge in [-0.2, -0.15) is 0 Å². The Balaban J connectivity index is 1.36. The molecule has 2 heterocycles. The van der Waals surface area contributed by atoms with Crippen LogP contribution >= 0.6 is 22.7 Å². The van der Waals surface area contributed by atoms with E-state index in [9.17, 15) is 4.79 Å². The van der Waals surface area contributed by atoms with Crippen LogP contribution in [0.15, 0.2) is 65.4 Å². The molecule has 4 rings (SSSR count). The third-order valence-corrected chi connectivity index (χ3v) is 5.99. The molecule has 0 saturated carbocycles. The first-order valence-electron chi connectivity index (χ1n) is 9.69. The molecule has 1 N–H and O–H groups in total. The van der Waals surface area contributed by atoms with E-state index in [1.165, 1.54) is 11.3 Å². The molecule has 30 heavy (non-hydrogen) atoms. The minimum atomic E-state index is -0.121. The highest BCUT2D eigenvalue weighted by Crippen LogP contribution is 2.27. The van der Waals surface area contributed by atoms with Crippen LogP contribution in [-0.2, 0) is 11.2 Å². The molecule has 0 fully saturated rings. The summed E-state index contributed by atoms with van der Waals surface area (Å²) in [5.41, 5.74) is 3.64. The Kier molecular flexibility index (Phi) is 6.51. The summed E-state index contributed by atoms with van der Waals surface area (Å²) in [6.45, 7) is 2.79. The largest absolute Gasteiger partial charge is 0.494 e. The van der Waals surface area contributed by atoms with Crippen LogP contribution < -0.4 is 10.1 Å². The Hall–Kier alpha value is -3.03. The van der Waals surface area contributed by atoms with Crippen LogP contribution in [0, 0.1) is 0 Å². The van der Waals surface area contributed by atoms with Gasteiger partial charge in [0.05, 0.1) is 24.4 Å². The van der Waals surface area contributed by atoms with Crippen molar-refractivity contribution >= 4 is 33.7 Å². The molecule has 0 bridgehead atoms. The molecule has 2 aromatic carbocycles. The molecule has 0 aliphatic carbocycles. The van der Waals surface area contributed by atoms with Gasteiger partial charge in [0.2, 0.25) is 5.91 Å². The maximum absolute atomic E-state index is 12.4. The molecular formula is C23H21N3O2S2. The molecule has 0 unspecified atom stereocenters. The molecule has 0 saturated heterocycles. The fourth-order valence-corrected chi connectivity index (χ4v) is 4.40. The highest BCUT2D eigenvalue weighted by Gasteiger charge is 2.12. The monoisotopic (exact) mass is 435 g/mol. The summed E-state index contributed by atoms with van der Waals surface area (Å²) in [7, 11) is 0. The molecular weight excluding hydrogens is 414 g/mol. The standard InChI is InChI=1S/C23H21N3O2S2/c1-2-12-28-19-10-8-16(9-11-19)20-15-30-23(25-20)26-21(27)13-18-14-29-22(24-18)17-6-4-3-5-7-17/h3-11,14-15H,2,12-13H2,1H3,(H,25,26,27). The van der Waals surface area contributed by atoms with Gasteiger partial charge in [-0.1, -0.05) is 37.3 Å². The lowest BCUT2D eigenvalue weighted by Gasteiger charge is -2.04. The van der Waals surface area contributed by atoms with Gasteiger partial charge in [-0.25, -0.2) is 9.97 Å². The van der Waals surface area contributed by atoms with Crippen LogP contribution in [0.5, 0.6) is 5.75 Å². The van der Waals surface area contributed by atoms with Gasteiger partial charge in [0.25, 0.3) is 0 Å². The van der Waals surface area contributed by atoms with Crippen molar-refractivity contribution in [3.05, 3.63) is 71.1 Å². The van der Waals surface area contributed by atoms with E-state index in [1.807, 2.05) is 65.4 Å². The van der Waals surface area contributed by atoms with Gasteiger partial charge in [0.15, 0.2) is 5.13 Å². The van der Waals surface area contributed by atoms with Gasteiger partial charge >= 0.3 is 0 Å². The molecule has 4 aromatic rings. The van der Waals surface area contributed by atoms with E-state index in [2.05, 4.69) is 22.2 Å². The van der Waals surface area contributed by atoms with Gasteiger partial charge in [-0.05, 0) is 30.7 Å². The summed E-state index contributed by atoms with van der Waals surface area (Å²) in [6, 6.07) is 17.8. The van der Waals surface area contributed by atoms with Crippen LogP contribution in [0.3, 0.4) is 0 Å². The van der Waals surface area contributed by atoms with Gasteiger partial charge in [-0.3, -0.25) is 4.79 Å². The lowest BCUT2D eigenvalue weighted by Crippen LogP contribution is -2.14. The number of thiazole rings is 2. The van der Waals surface area contributed by atoms with Crippen molar-refractivity contribution in [1.29, 1.82) is 0 Å². The Morgan fingerprint density at radius 3 is 2.53 bits per heavy atom. The first-order chi connectivity index (χ1) is 14.7. The number of nitrogens with one attached hydrogen (secondary N) is 1. The summed E-state index contributed by atoms with van der Waals surface area (Å²) in [5.74, 6) is 0.728. The van der Waals surface area contributed by atoms with Gasteiger partial charge in [-0.15, -0.1) is 22.7 Å². The number of anilines is 1. The predicted octanol–water partition coefficient (Wildman–Crippen LogP) is 5.90. The number of benzene rings is 2. The lowest BCUT2D eigenvalue weighted by atomic mass is 10.2. The highest BCUT2D eigenvalue weighted by molar-refractivity contribution is 7.14. The van der Waals surface area contributed by atoms with E-state index >= 15 is 0 Å². The van der Waals surface area contributed by atoms with Crippen molar-refractivity contribution < 1.29 is 9.53 Å². The molecule has 2 aromatic heterocycles. The fraction of sp³-hybridized carbons (Fsp3) is 0.174. The SMILES string of the molecule is CCCOc1ccc(-c2csc(NC(=O)Cc3csc(-c4ccccc4)n3)n2)cc1. The number of ether oxygens (including phenoxy) is 1. The fourth-order valence-electron chi connectivity index (χ4n) is 2.84. The zero-order chi connectivity index (χ0) is 20.8. The molecule has 0 radical (unpaired) electrons. The van der Waals surface area contributed by atoms with Gasteiger partial charge in [0, 0.05) is 21.9 Å². The second-order valence-corrected chi connectivity index (χ2v) is 8.36. The number of carbonyl (C=O) groups is 1. The summed E-state index contributed by atoms with van der Waals surface area (Å²) in [5, 5.41) is 8.24. The van der Waals surface area contributed by atoms with Crippen molar-refractivity contribution in [2.24, 2.45) is 0 Å². The summed E-state index contributed by atoms with van der Waals surface area (Å²) in [6.07, 6.45) is 1.20. The first kappa shape index (κ1) is 20.3. The van der Waals surface area contributed by atoms with E-state index in [0.29, 0.717) is 11.7 Å². The van der Waals surface area contributed by atoms with Gasteiger partial charge in [0.1, 0.15) is 10.8 Å². The zero-order valence-electron chi connectivity index (χ0n) is 16.5. The lowest BCUT2D eigenvalue weighted by molar-refractivity contribution is -0.115. The second-order valence-electron chi connectivity index (χ2n) is 6.65. The summed E-state index contributed by atoms with van der Waals surface area (Å²) >= 11 is 2.96. The maximum Gasteiger partial charge on any atom is 0.232 e. The van der Waals surface area contributed by atoms with E-state index in [-0.39, 0.29) is 12.3 Å². The predicted molar refractivity (Wildman–Crippen MR) is 123 cm³/mol. The molecule has 0 spiro atoms. The van der Waals surface area contributed by atoms with Crippen LogP contribution in [0.1, 0.15) is 19.0 Å². The van der Waals surface area contributed by atoms with Crippen LogP contribution in [0.4, 0.5) is 5.13 Å². The summed E-state index contributed by atoms with van der Waals surface area (Å²) < 4.78 is 5.61. The molecule has 7 heteroatoms. The molecule has 0 aliphatic rings. The quantitative estimate of drug-likeness (QED) is 0.374. The molecule has 0 atom stereocenters.